The first-order chi connectivity index (χ1) is 8.71. The van der Waals surface area contributed by atoms with Crippen LogP contribution in [-0.2, 0) is 0 Å². The molecule has 6 heteroatoms. The standard InChI is InChI=1S/C13H19IN2O3/c1-9(2)7-13(3,17)8-15-11-5-4-10(14)6-12(11)16(18)19/h4-6,9,15,17H,7-8H2,1-3H3. The van der Waals surface area contributed by atoms with Crippen molar-refractivity contribution in [3.05, 3.63) is 31.9 Å². The van der Waals surface area contributed by atoms with Crippen LogP contribution < -0.4 is 5.32 Å². The van der Waals surface area contributed by atoms with Gasteiger partial charge in [0.25, 0.3) is 5.69 Å². The molecule has 1 atom stereocenters. The Morgan fingerprint density at radius 2 is 2.16 bits per heavy atom. The van der Waals surface area contributed by atoms with Gasteiger partial charge in [-0.3, -0.25) is 10.1 Å². The SMILES string of the molecule is CC(C)CC(C)(O)CNc1ccc(I)cc1[N+](=O)[O-]. The van der Waals surface area contributed by atoms with E-state index in [0.29, 0.717) is 18.0 Å². The predicted molar refractivity (Wildman–Crippen MR) is 84.4 cm³/mol. The highest BCUT2D eigenvalue weighted by molar-refractivity contribution is 14.1. The fraction of sp³-hybridized carbons (Fsp3) is 0.538. The first kappa shape index (κ1) is 16.2. The van der Waals surface area contributed by atoms with Gasteiger partial charge in [-0.1, -0.05) is 13.8 Å². The van der Waals surface area contributed by atoms with Crippen LogP contribution in [0.1, 0.15) is 27.2 Å². The van der Waals surface area contributed by atoms with Crippen LogP contribution >= 0.6 is 22.6 Å². The van der Waals surface area contributed by atoms with Crippen LogP contribution in [-0.4, -0.2) is 22.2 Å². The number of nitro benzene ring substituents is 1. The molecule has 19 heavy (non-hydrogen) atoms. The van der Waals surface area contributed by atoms with E-state index >= 15 is 0 Å². The van der Waals surface area contributed by atoms with Gasteiger partial charge >= 0.3 is 0 Å². The minimum atomic E-state index is -0.884. The van der Waals surface area contributed by atoms with Crippen LogP contribution in [0.3, 0.4) is 0 Å². The molecule has 1 aromatic carbocycles. The molecule has 0 aliphatic carbocycles. The molecule has 5 nitrogen and oxygen atoms in total. The van der Waals surface area contributed by atoms with Gasteiger partial charge in [0, 0.05) is 16.2 Å². The Kier molecular flexibility index (Phi) is 5.54. The molecule has 1 aromatic rings. The van der Waals surface area contributed by atoms with E-state index < -0.39 is 10.5 Å². The van der Waals surface area contributed by atoms with Crippen LogP contribution in [0.5, 0.6) is 0 Å². The molecule has 1 rings (SSSR count). The smallest absolute Gasteiger partial charge is 0.293 e. The lowest BCUT2D eigenvalue weighted by Crippen LogP contribution is -2.35. The van der Waals surface area contributed by atoms with Crippen molar-refractivity contribution in [2.45, 2.75) is 32.8 Å². The Morgan fingerprint density at radius 1 is 1.53 bits per heavy atom. The first-order valence-electron chi connectivity index (χ1n) is 6.11. The van der Waals surface area contributed by atoms with Gasteiger partial charge < -0.3 is 10.4 Å². The summed E-state index contributed by atoms with van der Waals surface area (Å²) in [4.78, 5) is 10.6. The van der Waals surface area contributed by atoms with E-state index in [0.717, 1.165) is 3.57 Å². The van der Waals surface area contributed by atoms with E-state index in [9.17, 15) is 15.2 Å². The fourth-order valence-corrected chi connectivity index (χ4v) is 2.52. The van der Waals surface area contributed by atoms with Crippen molar-refractivity contribution in [2.75, 3.05) is 11.9 Å². The third-order valence-electron chi connectivity index (χ3n) is 2.66. The van der Waals surface area contributed by atoms with Gasteiger partial charge in [0.05, 0.1) is 10.5 Å². The summed E-state index contributed by atoms with van der Waals surface area (Å²) in [6.07, 6.45) is 0.637. The third-order valence-corrected chi connectivity index (χ3v) is 3.34. The van der Waals surface area contributed by atoms with Crippen molar-refractivity contribution in [3.63, 3.8) is 0 Å². The molecule has 1 unspecified atom stereocenters. The van der Waals surface area contributed by atoms with Gasteiger partial charge in [-0.25, -0.2) is 0 Å². The lowest BCUT2D eigenvalue weighted by Gasteiger charge is -2.26. The van der Waals surface area contributed by atoms with Gasteiger partial charge in [0.1, 0.15) is 5.69 Å². The summed E-state index contributed by atoms with van der Waals surface area (Å²) in [5.41, 5.74) is -0.410. The second-order valence-electron chi connectivity index (χ2n) is 5.37. The van der Waals surface area contributed by atoms with E-state index in [1.807, 2.05) is 36.4 Å². The van der Waals surface area contributed by atoms with Crippen molar-refractivity contribution in [1.82, 2.24) is 0 Å². The maximum atomic E-state index is 11.0. The molecule has 106 valence electrons. The van der Waals surface area contributed by atoms with Crippen molar-refractivity contribution in [2.24, 2.45) is 5.92 Å². The minimum absolute atomic E-state index is 0.0345. The van der Waals surface area contributed by atoms with E-state index in [-0.39, 0.29) is 12.2 Å². The maximum Gasteiger partial charge on any atom is 0.293 e. The topological polar surface area (TPSA) is 75.4 Å². The highest BCUT2D eigenvalue weighted by atomic mass is 127. The largest absolute Gasteiger partial charge is 0.388 e. The molecule has 0 fully saturated rings. The quantitative estimate of drug-likeness (QED) is 0.452. The Morgan fingerprint density at radius 3 is 2.68 bits per heavy atom. The number of anilines is 1. The minimum Gasteiger partial charge on any atom is -0.388 e. The number of hydrogen-bond acceptors (Lipinski definition) is 4. The Bertz CT molecular complexity index is 461. The number of nitrogens with one attached hydrogen (secondary N) is 1. The van der Waals surface area contributed by atoms with Crippen molar-refractivity contribution < 1.29 is 10.0 Å². The molecule has 0 heterocycles. The van der Waals surface area contributed by atoms with E-state index in [2.05, 4.69) is 5.32 Å². The van der Waals surface area contributed by atoms with Gasteiger partial charge in [0.15, 0.2) is 0 Å². The Hall–Kier alpha value is -0.890. The number of nitrogens with zero attached hydrogens (tertiary/aromatic N) is 1. The van der Waals surface area contributed by atoms with Gasteiger partial charge in [-0.15, -0.1) is 0 Å². The number of halogens is 1. The molecule has 0 spiro atoms. The maximum absolute atomic E-state index is 11.0. The summed E-state index contributed by atoms with van der Waals surface area (Å²) in [6, 6.07) is 4.98. The van der Waals surface area contributed by atoms with Crippen LogP contribution in [0.4, 0.5) is 11.4 Å². The van der Waals surface area contributed by atoms with Gasteiger partial charge in [0.2, 0.25) is 0 Å². The number of aliphatic hydroxyl groups is 1. The summed E-state index contributed by atoms with van der Waals surface area (Å²) in [5.74, 6) is 0.364. The second kappa shape index (κ2) is 6.51. The van der Waals surface area contributed by atoms with Crippen molar-refractivity contribution >= 4 is 34.0 Å². The molecule has 0 saturated carbocycles. The zero-order valence-electron chi connectivity index (χ0n) is 11.3. The summed E-state index contributed by atoms with van der Waals surface area (Å²) < 4.78 is 0.809. The molecular weight excluding hydrogens is 359 g/mol. The Labute approximate surface area is 126 Å². The molecule has 0 aliphatic rings. The summed E-state index contributed by atoms with van der Waals surface area (Å²) >= 11 is 2.03. The fourth-order valence-electron chi connectivity index (χ4n) is 2.04. The molecule has 2 N–H and O–H groups in total. The number of rotatable bonds is 6. The molecular formula is C13H19IN2O3. The third kappa shape index (κ3) is 5.32. The second-order valence-corrected chi connectivity index (χ2v) is 6.61. The number of benzene rings is 1. The average Bonchev–Trinajstić information content (AvgIpc) is 2.25. The van der Waals surface area contributed by atoms with E-state index in [4.69, 9.17) is 0 Å². The lowest BCUT2D eigenvalue weighted by atomic mass is 9.94. The molecule has 0 bridgehead atoms. The number of nitro groups is 1. The van der Waals surface area contributed by atoms with E-state index in [1.54, 1.807) is 19.1 Å². The summed E-state index contributed by atoms with van der Waals surface area (Å²) in [5, 5.41) is 24.1. The summed E-state index contributed by atoms with van der Waals surface area (Å²) in [7, 11) is 0. The normalized spacial score (nSPS) is 14.2. The monoisotopic (exact) mass is 378 g/mol. The molecule has 0 saturated heterocycles. The van der Waals surface area contributed by atoms with Crippen LogP contribution in [0.15, 0.2) is 18.2 Å². The highest BCUT2D eigenvalue weighted by Crippen LogP contribution is 2.27. The van der Waals surface area contributed by atoms with Gasteiger partial charge in [-0.2, -0.15) is 0 Å². The summed E-state index contributed by atoms with van der Waals surface area (Å²) in [6.45, 7) is 6.08. The van der Waals surface area contributed by atoms with Crippen molar-refractivity contribution in [1.29, 1.82) is 0 Å². The first-order valence-corrected chi connectivity index (χ1v) is 7.19. The van der Waals surface area contributed by atoms with Crippen molar-refractivity contribution in [3.8, 4) is 0 Å². The van der Waals surface area contributed by atoms with Gasteiger partial charge in [-0.05, 0) is 54.0 Å². The molecule has 0 aromatic heterocycles. The zero-order chi connectivity index (χ0) is 14.6. The van der Waals surface area contributed by atoms with Crippen LogP contribution in [0.2, 0.25) is 0 Å². The average molecular weight is 378 g/mol. The van der Waals surface area contributed by atoms with E-state index in [1.165, 1.54) is 6.07 Å². The van der Waals surface area contributed by atoms with Crippen LogP contribution in [0, 0.1) is 19.6 Å². The molecule has 0 aliphatic heterocycles. The molecule has 0 amide bonds. The van der Waals surface area contributed by atoms with Crippen LogP contribution in [0.25, 0.3) is 0 Å². The molecule has 0 radical (unpaired) electrons. The number of hydrogen-bond donors (Lipinski definition) is 2. The zero-order valence-corrected chi connectivity index (χ0v) is 13.5. The lowest BCUT2D eigenvalue weighted by molar-refractivity contribution is -0.384. The Balaban J connectivity index is 2.80. The highest BCUT2D eigenvalue weighted by Gasteiger charge is 2.23. The predicted octanol–water partition coefficient (Wildman–Crippen LogP) is 3.41.